The number of rotatable bonds is 18. The van der Waals surface area contributed by atoms with Crippen LogP contribution in [0.25, 0.3) is 0 Å². The molecular formula is C28H53N5O5. The summed E-state index contributed by atoms with van der Waals surface area (Å²) in [6, 6.07) is -1.49. The van der Waals surface area contributed by atoms with Crippen molar-refractivity contribution in [1.82, 2.24) is 10.2 Å². The van der Waals surface area contributed by atoms with Gasteiger partial charge in [-0.25, -0.2) is 9.59 Å². The molecule has 0 aromatic carbocycles. The molecule has 1 fully saturated rings. The van der Waals surface area contributed by atoms with Crippen LogP contribution < -0.4 is 16.8 Å². The van der Waals surface area contributed by atoms with Crippen molar-refractivity contribution >= 4 is 23.9 Å². The van der Waals surface area contributed by atoms with E-state index in [0.29, 0.717) is 45.4 Å². The van der Waals surface area contributed by atoms with Crippen molar-refractivity contribution in [2.24, 2.45) is 16.5 Å². The molecule has 0 aromatic heterocycles. The quantitative estimate of drug-likeness (QED) is 0.101. The number of nitrogens with two attached hydrogens (primary N) is 2. The standard InChI is InChI=1S/C28H53N5O5/c1-5-6-7-8-9-10-11-12-13-14-21-37-25(35)23-18-16-20-33(23)24(34)22(17-15-19-31-26(29)30)32-27(36)38-28(2,3)4/h22-23H,5-21H2,1-4H3,(H,32,36)(H4,29,30,31). The van der Waals surface area contributed by atoms with Crippen molar-refractivity contribution in [1.29, 1.82) is 0 Å². The number of hydrogen-bond acceptors (Lipinski definition) is 6. The average Bonchev–Trinajstić information content (AvgIpc) is 3.32. The Hall–Kier alpha value is -2.52. The molecule has 1 rings (SSSR count). The Morgan fingerprint density at radius 2 is 1.58 bits per heavy atom. The van der Waals surface area contributed by atoms with Gasteiger partial charge in [-0.2, -0.15) is 0 Å². The second-order valence-corrected chi connectivity index (χ2v) is 11.2. The maximum atomic E-state index is 13.4. The van der Waals surface area contributed by atoms with Crippen LogP contribution in [0.3, 0.4) is 0 Å². The molecule has 0 spiro atoms. The fourth-order valence-electron chi connectivity index (χ4n) is 4.54. The fourth-order valence-corrected chi connectivity index (χ4v) is 4.54. The molecule has 38 heavy (non-hydrogen) atoms. The minimum Gasteiger partial charge on any atom is -0.464 e. The summed E-state index contributed by atoms with van der Waals surface area (Å²) in [4.78, 5) is 44.1. The van der Waals surface area contributed by atoms with E-state index in [2.05, 4.69) is 17.2 Å². The second-order valence-electron chi connectivity index (χ2n) is 11.2. The van der Waals surface area contributed by atoms with Crippen LogP contribution in [0.5, 0.6) is 0 Å². The summed E-state index contributed by atoms with van der Waals surface area (Å²) < 4.78 is 10.9. The predicted octanol–water partition coefficient (Wildman–Crippen LogP) is 4.39. The van der Waals surface area contributed by atoms with Gasteiger partial charge in [0.2, 0.25) is 5.91 Å². The number of hydrogen-bond donors (Lipinski definition) is 3. The van der Waals surface area contributed by atoms with Gasteiger partial charge in [-0.05, 0) is 52.9 Å². The lowest BCUT2D eigenvalue weighted by Gasteiger charge is -2.29. The molecule has 1 heterocycles. The Labute approximate surface area is 229 Å². The maximum Gasteiger partial charge on any atom is 0.408 e. The van der Waals surface area contributed by atoms with Crippen LogP contribution in [0, 0.1) is 0 Å². The number of nitrogens with one attached hydrogen (secondary N) is 1. The largest absolute Gasteiger partial charge is 0.464 e. The molecule has 2 amide bonds. The topological polar surface area (TPSA) is 149 Å². The molecule has 1 aliphatic rings. The summed E-state index contributed by atoms with van der Waals surface area (Å²) in [5.41, 5.74) is 10.1. The van der Waals surface area contributed by atoms with Crippen molar-refractivity contribution in [2.45, 2.75) is 135 Å². The van der Waals surface area contributed by atoms with Crippen molar-refractivity contribution in [2.75, 3.05) is 19.7 Å². The number of nitrogens with zero attached hydrogens (tertiary/aromatic N) is 2. The summed E-state index contributed by atoms with van der Waals surface area (Å²) in [5.74, 6) is -0.722. The first-order valence-electron chi connectivity index (χ1n) is 14.6. The van der Waals surface area contributed by atoms with E-state index in [1.165, 1.54) is 49.8 Å². The molecule has 220 valence electrons. The van der Waals surface area contributed by atoms with E-state index in [0.717, 1.165) is 19.3 Å². The third-order valence-corrected chi connectivity index (χ3v) is 6.48. The van der Waals surface area contributed by atoms with Crippen molar-refractivity contribution in [3.63, 3.8) is 0 Å². The summed E-state index contributed by atoms with van der Waals surface area (Å²) in [6.07, 6.45) is 13.4. The number of esters is 1. The van der Waals surface area contributed by atoms with E-state index < -0.39 is 23.8 Å². The average molecular weight is 540 g/mol. The van der Waals surface area contributed by atoms with Gasteiger partial charge in [-0.3, -0.25) is 9.79 Å². The summed E-state index contributed by atoms with van der Waals surface area (Å²) in [5, 5.41) is 2.67. The zero-order valence-electron chi connectivity index (χ0n) is 24.3. The number of carbonyl (C=O) groups excluding carboxylic acids is 3. The van der Waals surface area contributed by atoms with Crippen LogP contribution in [-0.2, 0) is 19.1 Å². The smallest absolute Gasteiger partial charge is 0.408 e. The molecule has 0 aliphatic carbocycles. The second kappa shape index (κ2) is 18.7. The molecule has 5 N–H and O–H groups in total. The van der Waals surface area contributed by atoms with Crippen molar-refractivity contribution < 1.29 is 23.9 Å². The van der Waals surface area contributed by atoms with Crippen LogP contribution >= 0.6 is 0 Å². The van der Waals surface area contributed by atoms with Crippen LogP contribution in [0.2, 0.25) is 0 Å². The molecule has 2 unspecified atom stereocenters. The Bertz CT molecular complexity index is 734. The number of alkyl carbamates (subject to hydrolysis) is 1. The Morgan fingerprint density at radius 3 is 2.16 bits per heavy atom. The number of aliphatic imine (C=N–C) groups is 1. The summed E-state index contributed by atoms with van der Waals surface area (Å²) in [6.45, 7) is 8.63. The number of carbonyl (C=O) groups is 3. The van der Waals surface area contributed by atoms with Gasteiger partial charge in [0.25, 0.3) is 0 Å². The van der Waals surface area contributed by atoms with E-state index in [4.69, 9.17) is 20.9 Å². The molecule has 0 radical (unpaired) electrons. The highest BCUT2D eigenvalue weighted by molar-refractivity contribution is 5.90. The third-order valence-electron chi connectivity index (χ3n) is 6.48. The zero-order valence-corrected chi connectivity index (χ0v) is 24.3. The van der Waals surface area contributed by atoms with Crippen molar-refractivity contribution in [3.8, 4) is 0 Å². The lowest BCUT2D eigenvalue weighted by Crippen LogP contribution is -2.52. The first-order valence-corrected chi connectivity index (χ1v) is 14.6. The third kappa shape index (κ3) is 15.0. The molecule has 1 saturated heterocycles. The van der Waals surface area contributed by atoms with E-state index in [-0.39, 0.29) is 17.8 Å². The lowest BCUT2D eigenvalue weighted by molar-refractivity contribution is -0.154. The fraction of sp³-hybridized carbons (Fsp3) is 0.857. The number of unbranched alkanes of at least 4 members (excludes halogenated alkanes) is 9. The highest BCUT2D eigenvalue weighted by Crippen LogP contribution is 2.21. The van der Waals surface area contributed by atoms with E-state index in [9.17, 15) is 14.4 Å². The van der Waals surface area contributed by atoms with Gasteiger partial charge in [0.1, 0.15) is 17.7 Å². The minimum absolute atomic E-state index is 0.0299. The number of amides is 2. The molecule has 1 aliphatic heterocycles. The Morgan fingerprint density at radius 1 is 0.974 bits per heavy atom. The zero-order chi connectivity index (χ0) is 28.4. The summed E-state index contributed by atoms with van der Waals surface area (Å²) in [7, 11) is 0. The summed E-state index contributed by atoms with van der Waals surface area (Å²) >= 11 is 0. The number of likely N-dealkylation sites (tertiary alicyclic amines) is 1. The predicted molar refractivity (Wildman–Crippen MR) is 151 cm³/mol. The van der Waals surface area contributed by atoms with Gasteiger partial charge < -0.3 is 31.2 Å². The molecule has 2 atom stereocenters. The lowest BCUT2D eigenvalue weighted by atomic mass is 10.1. The van der Waals surface area contributed by atoms with Crippen LogP contribution in [0.1, 0.15) is 118 Å². The van der Waals surface area contributed by atoms with E-state index >= 15 is 0 Å². The van der Waals surface area contributed by atoms with Gasteiger partial charge in [0.05, 0.1) is 6.61 Å². The monoisotopic (exact) mass is 539 g/mol. The normalized spacial score (nSPS) is 16.1. The number of guanidine groups is 1. The van der Waals surface area contributed by atoms with Gasteiger partial charge in [0, 0.05) is 13.1 Å². The maximum absolute atomic E-state index is 13.4. The molecule has 10 heteroatoms. The Balaban J connectivity index is 2.53. The van der Waals surface area contributed by atoms with Crippen LogP contribution in [0.4, 0.5) is 4.79 Å². The van der Waals surface area contributed by atoms with Gasteiger partial charge in [-0.1, -0.05) is 64.7 Å². The van der Waals surface area contributed by atoms with E-state index in [1.807, 2.05) is 0 Å². The van der Waals surface area contributed by atoms with Gasteiger partial charge >= 0.3 is 12.1 Å². The van der Waals surface area contributed by atoms with Gasteiger partial charge in [0.15, 0.2) is 5.96 Å². The minimum atomic E-state index is -0.852. The molecular weight excluding hydrogens is 486 g/mol. The van der Waals surface area contributed by atoms with Crippen LogP contribution in [0.15, 0.2) is 4.99 Å². The first-order chi connectivity index (χ1) is 18.0. The molecule has 0 bridgehead atoms. The highest BCUT2D eigenvalue weighted by atomic mass is 16.6. The van der Waals surface area contributed by atoms with Crippen LogP contribution in [-0.4, -0.2) is 66.2 Å². The highest BCUT2D eigenvalue weighted by Gasteiger charge is 2.38. The van der Waals surface area contributed by atoms with Gasteiger partial charge in [-0.15, -0.1) is 0 Å². The Kier molecular flexibility index (Phi) is 16.5. The van der Waals surface area contributed by atoms with E-state index in [1.54, 1.807) is 20.8 Å². The molecule has 0 saturated carbocycles. The molecule has 0 aromatic rings. The molecule has 10 nitrogen and oxygen atoms in total. The SMILES string of the molecule is CCCCCCCCCCCCOC(=O)C1CCCN1C(=O)C(CCCN=C(N)N)NC(=O)OC(C)(C)C. The number of ether oxygens (including phenoxy) is 2. The van der Waals surface area contributed by atoms with Crippen molar-refractivity contribution in [3.05, 3.63) is 0 Å². The first kappa shape index (κ1) is 33.5.